The second-order valence-corrected chi connectivity index (χ2v) is 5.73. The molecule has 1 aromatic heterocycles. The van der Waals surface area contributed by atoms with Crippen LogP contribution in [0.2, 0.25) is 5.02 Å². The Morgan fingerprint density at radius 1 is 1.44 bits per heavy atom. The van der Waals surface area contributed by atoms with Gasteiger partial charge in [-0.05, 0) is 31.0 Å². The van der Waals surface area contributed by atoms with Gasteiger partial charge in [0.1, 0.15) is 5.69 Å². The molecule has 0 aliphatic heterocycles. The molecule has 5 heteroatoms. The van der Waals surface area contributed by atoms with Gasteiger partial charge in [-0.1, -0.05) is 27.5 Å². The van der Waals surface area contributed by atoms with Crippen molar-refractivity contribution in [1.82, 2.24) is 10.3 Å². The van der Waals surface area contributed by atoms with E-state index in [4.69, 9.17) is 16.0 Å². The number of aromatic nitrogens is 1. The predicted molar refractivity (Wildman–Crippen MR) is 74.5 cm³/mol. The van der Waals surface area contributed by atoms with E-state index >= 15 is 0 Å². The number of oxazole rings is 1. The van der Waals surface area contributed by atoms with Gasteiger partial charge in [0.25, 0.3) is 0 Å². The van der Waals surface area contributed by atoms with Crippen molar-refractivity contribution in [3.8, 4) is 11.3 Å². The number of nitrogens with zero attached hydrogens (tertiary/aromatic N) is 1. The van der Waals surface area contributed by atoms with E-state index in [1.54, 1.807) is 0 Å². The van der Waals surface area contributed by atoms with Crippen LogP contribution in [0.4, 0.5) is 0 Å². The van der Waals surface area contributed by atoms with Gasteiger partial charge in [0, 0.05) is 22.6 Å². The Labute approximate surface area is 119 Å². The van der Waals surface area contributed by atoms with Crippen LogP contribution in [0.3, 0.4) is 0 Å². The first-order valence-electron chi connectivity index (χ1n) is 5.85. The quantitative estimate of drug-likeness (QED) is 0.922. The standard InChI is InChI=1S/C13H12BrClN2O/c14-8-1-4-11(15)10(5-8)13-12(17-7-18-13)6-16-9-2-3-9/h1,4-5,7,9,16H,2-3,6H2. The van der Waals surface area contributed by atoms with E-state index in [0.29, 0.717) is 11.1 Å². The van der Waals surface area contributed by atoms with E-state index in [1.807, 2.05) is 18.2 Å². The summed E-state index contributed by atoms with van der Waals surface area (Å²) in [5.41, 5.74) is 1.78. The van der Waals surface area contributed by atoms with Gasteiger partial charge in [-0.15, -0.1) is 0 Å². The van der Waals surface area contributed by atoms with Crippen molar-refractivity contribution in [3.05, 3.63) is 39.8 Å². The third-order valence-electron chi connectivity index (χ3n) is 2.95. The first kappa shape index (κ1) is 12.2. The predicted octanol–water partition coefficient (Wildman–Crippen LogP) is 4.01. The maximum absolute atomic E-state index is 6.21. The molecule has 0 atom stereocenters. The van der Waals surface area contributed by atoms with Crippen LogP contribution in [0.15, 0.2) is 33.5 Å². The van der Waals surface area contributed by atoms with Crippen molar-refractivity contribution in [1.29, 1.82) is 0 Å². The lowest BCUT2D eigenvalue weighted by Crippen LogP contribution is -2.16. The molecule has 1 aromatic carbocycles. The van der Waals surface area contributed by atoms with Crippen molar-refractivity contribution in [3.63, 3.8) is 0 Å². The zero-order valence-electron chi connectivity index (χ0n) is 9.62. The molecule has 3 rings (SSSR count). The summed E-state index contributed by atoms with van der Waals surface area (Å²) in [5.74, 6) is 0.745. The molecule has 1 aliphatic rings. The normalized spacial score (nSPS) is 15.0. The van der Waals surface area contributed by atoms with Crippen LogP contribution in [0.5, 0.6) is 0 Å². The van der Waals surface area contributed by atoms with Crippen molar-refractivity contribution >= 4 is 27.5 Å². The van der Waals surface area contributed by atoms with Crippen LogP contribution < -0.4 is 5.32 Å². The van der Waals surface area contributed by atoms with Crippen LogP contribution in [0.1, 0.15) is 18.5 Å². The van der Waals surface area contributed by atoms with Crippen LogP contribution >= 0.6 is 27.5 Å². The van der Waals surface area contributed by atoms with Gasteiger partial charge >= 0.3 is 0 Å². The smallest absolute Gasteiger partial charge is 0.181 e. The molecular formula is C13H12BrClN2O. The molecule has 2 aromatic rings. The number of hydrogen-bond donors (Lipinski definition) is 1. The number of rotatable bonds is 4. The Kier molecular flexibility index (Phi) is 3.41. The first-order valence-corrected chi connectivity index (χ1v) is 7.02. The lowest BCUT2D eigenvalue weighted by atomic mass is 10.1. The second-order valence-electron chi connectivity index (χ2n) is 4.41. The maximum Gasteiger partial charge on any atom is 0.181 e. The Hall–Kier alpha value is -0.840. The van der Waals surface area contributed by atoms with Crippen LogP contribution in [0, 0.1) is 0 Å². The average Bonchev–Trinajstić information content (AvgIpc) is 3.08. The lowest BCUT2D eigenvalue weighted by Gasteiger charge is -2.05. The molecule has 0 amide bonds. The minimum absolute atomic E-state index is 0.646. The highest BCUT2D eigenvalue weighted by molar-refractivity contribution is 9.10. The average molecular weight is 328 g/mol. The summed E-state index contributed by atoms with van der Waals surface area (Å²) in [6.07, 6.45) is 3.98. The zero-order valence-corrected chi connectivity index (χ0v) is 12.0. The molecule has 1 fully saturated rings. The molecule has 1 heterocycles. The largest absolute Gasteiger partial charge is 0.443 e. The fraction of sp³-hybridized carbons (Fsp3) is 0.308. The van der Waals surface area contributed by atoms with Crippen LogP contribution in [0.25, 0.3) is 11.3 Å². The third kappa shape index (κ3) is 2.60. The lowest BCUT2D eigenvalue weighted by molar-refractivity contribution is 0.569. The third-order valence-corrected chi connectivity index (χ3v) is 3.77. The van der Waals surface area contributed by atoms with E-state index in [1.165, 1.54) is 19.2 Å². The molecule has 0 saturated heterocycles. The Bertz CT molecular complexity index is 566. The van der Waals surface area contributed by atoms with Gasteiger partial charge in [-0.3, -0.25) is 0 Å². The van der Waals surface area contributed by atoms with Gasteiger partial charge < -0.3 is 9.73 Å². The highest BCUT2D eigenvalue weighted by Crippen LogP contribution is 2.33. The van der Waals surface area contributed by atoms with Gasteiger partial charge in [-0.2, -0.15) is 0 Å². The van der Waals surface area contributed by atoms with Crippen molar-refractivity contribution in [2.45, 2.75) is 25.4 Å². The molecule has 0 unspecified atom stereocenters. The molecule has 94 valence electrons. The van der Waals surface area contributed by atoms with Crippen molar-refractivity contribution in [2.24, 2.45) is 0 Å². The van der Waals surface area contributed by atoms with E-state index < -0.39 is 0 Å². The number of hydrogen-bond acceptors (Lipinski definition) is 3. The molecule has 1 aliphatic carbocycles. The van der Waals surface area contributed by atoms with Crippen molar-refractivity contribution in [2.75, 3.05) is 0 Å². The van der Waals surface area contributed by atoms with Gasteiger partial charge in [0.05, 0.1) is 5.02 Å². The number of benzene rings is 1. The Morgan fingerprint density at radius 3 is 3.06 bits per heavy atom. The van der Waals surface area contributed by atoms with Crippen molar-refractivity contribution < 1.29 is 4.42 Å². The molecular weight excluding hydrogens is 316 g/mol. The fourth-order valence-corrected chi connectivity index (χ4v) is 2.38. The Morgan fingerprint density at radius 2 is 2.28 bits per heavy atom. The van der Waals surface area contributed by atoms with Crippen LogP contribution in [-0.4, -0.2) is 11.0 Å². The number of halogens is 2. The second kappa shape index (κ2) is 5.03. The summed E-state index contributed by atoms with van der Waals surface area (Å²) in [6, 6.07) is 6.35. The summed E-state index contributed by atoms with van der Waals surface area (Å²) in [5, 5.41) is 4.10. The molecule has 0 bridgehead atoms. The minimum atomic E-state index is 0.646. The minimum Gasteiger partial charge on any atom is -0.443 e. The van der Waals surface area contributed by atoms with E-state index in [-0.39, 0.29) is 0 Å². The summed E-state index contributed by atoms with van der Waals surface area (Å²) < 4.78 is 6.45. The molecule has 1 saturated carbocycles. The molecule has 0 radical (unpaired) electrons. The highest BCUT2D eigenvalue weighted by Gasteiger charge is 2.22. The summed E-state index contributed by atoms with van der Waals surface area (Å²) >= 11 is 9.65. The SMILES string of the molecule is Clc1ccc(Br)cc1-c1ocnc1CNC1CC1. The zero-order chi connectivity index (χ0) is 12.5. The van der Waals surface area contributed by atoms with Crippen LogP contribution in [-0.2, 0) is 6.54 Å². The van der Waals surface area contributed by atoms with E-state index in [0.717, 1.165) is 28.0 Å². The molecule has 0 spiro atoms. The fourth-order valence-electron chi connectivity index (χ4n) is 1.81. The number of nitrogens with one attached hydrogen (secondary N) is 1. The molecule has 1 N–H and O–H groups in total. The summed E-state index contributed by atoms with van der Waals surface area (Å²) in [7, 11) is 0. The molecule has 18 heavy (non-hydrogen) atoms. The van der Waals surface area contributed by atoms with Gasteiger partial charge in [-0.25, -0.2) is 4.98 Å². The monoisotopic (exact) mass is 326 g/mol. The highest BCUT2D eigenvalue weighted by atomic mass is 79.9. The topological polar surface area (TPSA) is 38.1 Å². The first-order chi connectivity index (χ1) is 8.74. The Balaban J connectivity index is 1.90. The van der Waals surface area contributed by atoms with Gasteiger partial charge in [0.2, 0.25) is 0 Å². The summed E-state index contributed by atoms with van der Waals surface area (Å²) in [4.78, 5) is 4.26. The van der Waals surface area contributed by atoms with E-state index in [9.17, 15) is 0 Å². The summed E-state index contributed by atoms with van der Waals surface area (Å²) in [6.45, 7) is 0.722. The molecule has 3 nitrogen and oxygen atoms in total. The maximum atomic E-state index is 6.21. The van der Waals surface area contributed by atoms with Gasteiger partial charge in [0.15, 0.2) is 12.2 Å². The van der Waals surface area contributed by atoms with E-state index in [2.05, 4.69) is 26.2 Å².